The molecule has 0 saturated carbocycles. The summed E-state index contributed by atoms with van der Waals surface area (Å²) in [5, 5.41) is 5.14. The van der Waals surface area contributed by atoms with Gasteiger partial charge in [0, 0.05) is 53.5 Å². The Kier molecular flexibility index (Phi) is 6.51. The molecule has 2 heterocycles. The van der Waals surface area contributed by atoms with Gasteiger partial charge in [0.25, 0.3) is 0 Å². The average molecular weight is 672 g/mol. The zero-order valence-corrected chi connectivity index (χ0v) is 27.2. The fourth-order valence-electron chi connectivity index (χ4n) is 6.74. The quantitative estimate of drug-likeness (QED) is 0.177. The van der Waals surface area contributed by atoms with Crippen LogP contribution < -0.4 is 4.90 Å². The number of fused-ring (bicyclic) bond motifs is 7. The number of para-hydroxylation sites is 2. The summed E-state index contributed by atoms with van der Waals surface area (Å²) >= 11 is 5.47. The SMILES string of the molecule is Brc1ccc(-c2cccc(N(c3ccccc3)c3ccc4c5ccc6c7ccccc7sc6c5n(-c5ccccc5)c4c3)c2)cc1. The van der Waals surface area contributed by atoms with E-state index in [0.29, 0.717) is 0 Å². The van der Waals surface area contributed by atoms with Crippen LogP contribution in [0, 0.1) is 0 Å². The van der Waals surface area contributed by atoms with Gasteiger partial charge < -0.3 is 9.47 Å². The number of hydrogen-bond acceptors (Lipinski definition) is 2. The van der Waals surface area contributed by atoms with E-state index >= 15 is 0 Å². The molecule has 4 heteroatoms. The van der Waals surface area contributed by atoms with Gasteiger partial charge in [-0.15, -0.1) is 11.3 Å². The van der Waals surface area contributed by atoms with E-state index in [1.807, 2.05) is 11.3 Å². The number of thiophene rings is 1. The second-order valence-electron chi connectivity index (χ2n) is 11.5. The molecule has 2 aromatic heterocycles. The molecule has 0 saturated heterocycles. The second kappa shape index (κ2) is 11.0. The zero-order valence-electron chi connectivity index (χ0n) is 24.8. The predicted octanol–water partition coefficient (Wildman–Crippen LogP) is 13.1. The summed E-state index contributed by atoms with van der Waals surface area (Å²) in [7, 11) is 0. The van der Waals surface area contributed by atoms with Crippen LogP contribution in [0.2, 0.25) is 0 Å². The van der Waals surface area contributed by atoms with Crippen molar-refractivity contribution in [1.29, 1.82) is 0 Å². The molecule has 9 rings (SSSR count). The van der Waals surface area contributed by atoms with Crippen molar-refractivity contribution in [2.24, 2.45) is 0 Å². The Morgan fingerprint density at radius 3 is 1.98 bits per heavy atom. The van der Waals surface area contributed by atoms with Crippen molar-refractivity contribution in [1.82, 2.24) is 4.57 Å². The van der Waals surface area contributed by atoms with E-state index in [9.17, 15) is 0 Å². The fourth-order valence-corrected chi connectivity index (χ4v) is 8.25. The maximum absolute atomic E-state index is 3.58. The van der Waals surface area contributed by atoms with Crippen molar-refractivity contribution in [3.8, 4) is 16.8 Å². The van der Waals surface area contributed by atoms with Gasteiger partial charge in [0.1, 0.15) is 0 Å². The lowest BCUT2D eigenvalue weighted by Gasteiger charge is -2.26. The Hall–Kier alpha value is -5.16. The molecule has 0 bridgehead atoms. The highest BCUT2D eigenvalue weighted by molar-refractivity contribution is 9.10. The molecule has 0 aliphatic heterocycles. The molecule has 7 aromatic carbocycles. The maximum atomic E-state index is 3.58. The molecule has 0 N–H and O–H groups in total. The molecule has 0 fully saturated rings. The van der Waals surface area contributed by atoms with Gasteiger partial charge in [-0.25, -0.2) is 0 Å². The first-order valence-electron chi connectivity index (χ1n) is 15.4. The van der Waals surface area contributed by atoms with Crippen LogP contribution in [0.4, 0.5) is 17.1 Å². The number of hydrogen-bond donors (Lipinski definition) is 0. The lowest BCUT2D eigenvalue weighted by molar-refractivity contribution is 1.18. The highest BCUT2D eigenvalue weighted by Gasteiger charge is 2.20. The van der Waals surface area contributed by atoms with Gasteiger partial charge in [-0.3, -0.25) is 0 Å². The molecule has 0 radical (unpaired) electrons. The third-order valence-electron chi connectivity index (χ3n) is 8.83. The first kappa shape index (κ1) is 27.2. The molecule has 0 unspecified atom stereocenters. The normalized spacial score (nSPS) is 11.6. The van der Waals surface area contributed by atoms with E-state index < -0.39 is 0 Å². The number of nitrogens with zero attached hydrogens (tertiary/aromatic N) is 2. The van der Waals surface area contributed by atoms with E-state index in [1.165, 1.54) is 53.1 Å². The van der Waals surface area contributed by atoms with E-state index in [0.717, 1.165) is 27.2 Å². The van der Waals surface area contributed by atoms with Crippen LogP contribution in [0.3, 0.4) is 0 Å². The van der Waals surface area contributed by atoms with Gasteiger partial charge in [0.2, 0.25) is 0 Å². The Morgan fingerprint density at radius 2 is 1.15 bits per heavy atom. The van der Waals surface area contributed by atoms with Crippen LogP contribution in [-0.4, -0.2) is 4.57 Å². The summed E-state index contributed by atoms with van der Waals surface area (Å²) in [5.74, 6) is 0. The highest BCUT2D eigenvalue weighted by Crippen LogP contribution is 2.45. The molecule has 2 nitrogen and oxygen atoms in total. The smallest absolute Gasteiger partial charge is 0.0719 e. The standard InChI is InChI=1S/C42H27BrN2S/c43-30-20-18-28(19-21-30)29-10-9-15-33(26-29)44(31-11-3-1-4-12-31)34-22-23-35-37-24-25-38-36-16-7-8-17-40(36)46-42(38)41(37)45(39(35)27-34)32-13-5-2-6-14-32/h1-27H. The van der Waals surface area contributed by atoms with Gasteiger partial charge in [-0.2, -0.15) is 0 Å². The molecule has 0 aliphatic carbocycles. The monoisotopic (exact) mass is 670 g/mol. The Bertz CT molecular complexity index is 2530. The molecular formula is C42H27BrN2S. The van der Waals surface area contributed by atoms with Gasteiger partial charge in [0.05, 0.1) is 15.7 Å². The fraction of sp³-hybridized carbons (Fsp3) is 0. The highest BCUT2D eigenvalue weighted by atomic mass is 79.9. The lowest BCUT2D eigenvalue weighted by Crippen LogP contribution is -2.10. The largest absolute Gasteiger partial charge is 0.310 e. The molecule has 0 amide bonds. The first-order valence-corrected chi connectivity index (χ1v) is 17.0. The van der Waals surface area contributed by atoms with Crippen molar-refractivity contribution in [3.63, 3.8) is 0 Å². The number of anilines is 3. The Labute approximate surface area is 279 Å². The van der Waals surface area contributed by atoms with Crippen molar-refractivity contribution < 1.29 is 0 Å². The minimum atomic E-state index is 1.08. The maximum Gasteiger partial charge on any atom is 0.0719 e. The van der Waals surface area contributed by atoms with Crippen LogP contribution in [0.15, 0.2) is 168 Å². The summed E-state index contributed by atoms with van der Waals surface area (Å²) in [6, 6.07) is 59.1. The summed E-state index contributed by atoms with van der Waals surface area (Å²) in [6.07, 6.45) is 0. The Balaban J connectivity index is 1.32. The third kappa shape index (κ3) is 4.45. The van der Waals surface area contributed by atoms with E-state index in [2.05, 4.69) is 189 Å². The molecular weight excluding hydrogens is 644 g/mol. The molecule has 0 atom stereocenters. The van der Waals surface area contributed by atoms with Crippen molar-refractivity contribution in [3.05, 3.63) is 168 Å². The van der Waals surface area contributed by atoms with Gasteiger partial charge >= 0.3 is 0 Å². The van der Waals surface area contributed by atoms with Crippen molar-refractivity contribution in [2.45, 2.75) is 0 Å². The van der Waals surface area contributed by atoms with E-state index in [1.54, 1.807) is 0 Å². The number of halogens is 1. The molecule has 0 aliphatic rings. The number of rotatable bonds is 5. The van der Waals surface area contributed by atoms with Crippen LogP contribution >= 0.6 is 27.3 Å². The molecule has 46 heavy (non-hydrogen) atoms. The van der Waals surface area contributed by atoms with Crippen LogP contribution in [0.1, 0.15) is 0 Å². The average Bonchev–Trinajstić information content (AvgIpc) is 3.65. The van der Waals surface area contributed by atoms with Crippen molar-refractivity contribution >= 4 is 86.3 Å². The minimum absolute atomic E-state index is 1.08. The summed E-state index contributed by atoms with van der Waals surface area (Å²) in [5.41, 5.74) is 9.31. The third-order valence-corrected chi connectivity index (χ3v) is 10.5. The van der Waals surface area contributed by atoms with Crippen LogP contribution in [0.5, 0.6) is 0 Å². The minimum Gasteiger partial charge on any atom is -0.310 e. The molecule has 9 aromatic rings. The summed E-state index contributed by atoms with van der Waals surface area (Å²) < 4.78 is 6.18. The zero-order chi connectivity index (χ0) is 30.6. The lowest BCUT2D eigenvalue weighted by atomic mass is 10.0. The summed E-state index contributed by atoms with van der Waals surface area (Å²) in [6.45, 7) is 0. The topological polar surface area (TPSA) is 8.17 Å². The number of benzene rings is 7. The van der Waals surface area contributed by atoms with Crippen LogP contribution in [0.25, 0.3) is 58.8 Å². The van der Waals surface area contributed by atoms with E-state index in [4.69, 9.17) is 0 Å². The van der Waals surface area contributed by atoms with Crippen LogP contribution in [-0.2, 0) is 0 Å². The molecule has 0 spiro atoms. The van der Waals surface area contributed by atoms with Gasteiger partial charge in [0.15, 0.2) is 0 Å². The van der Waals surface area contributed by atoms with E-state index in [-0.39, 0.29) is 0 Å². The van der Waals surface area contributed by atoms with Gasteiger partial charge in [-0.1, -0.05) is 113 Å². The predicted molar refractivity (Wildman–Crippen MR) is 201 cm³/mol. The van der Waals surface area contributed by atoms with Crippen molar-refractivity contribution in [2.75, 3.05) is 4.90 Å². The second-order valence-corrected chi connectivity index (χ2v) is 13.5. The number of aromatic nitrogens is 1. The Morgan fingerprint density at radius 1 is 0.478 bits per heavy atom. The first-order chi connectivity index (χ1) is 22.7. The van der Waals surface area contributed by atoms with Gasteiger partial charge in [-0.05, 0) is 77.9 Å². The molecule has 218 valence electrons. The summed E-state index contributed by atoms with van der Waals surface area (Å²) in [4.78, 5) is 2.36.